The van der Waals surface area contributed by atoms with Gasteiger partial charge in [0.1, 0.15) is 0 Å². The Morgan fingerprint density at radius 2 is 1.53 bits per heavy atom. The van der Waals surface area contributed by atoms with Crippen molar-refractivity contribution in [3.05, 3.63) is 66.2 Å². The predicted octanol–water partition coefficient (Wildman–Crippen LogP) is 3.80. The van der Waals surface area contributed by atoms with Crippen LogP contribution in [0.1, 0.15) is 5.56 Å². The van der Waals surface area contributed by atoms with Gasteiger partial charge in [-0.3, -0.25) is 4.72 Å². The van der Waals surface area contributed by atoms with E-state index in [-0.39, 0.29) is 10.6 Å². The minimum atomic E-state index is -4.53. The van der Waals surface area contributed by atoms with Crippen molar-refractivity contribution in [1.29, 1.82) is 0 Å². The number of benzene rings is 2. The zero-order valence-electron chi connectivity index (χ0n) is 16.7. The summed E-state index contributed by atoms with van der Waals surface area (Å²) >= 11 is 0. The van der Waals surface area contributed by atoms with Crippen LogP contribution in [0.4, 0.5) is 24.7 Å². The second-order valence-electron chi connectivity index (χ2n) is 7.08. The number of ether oxygens (including phenoxy) is 1. The number of sulfonamides is 1. The third-order valence-electron chi connectivity index (χ3n) is 4.91. The second-order valence-corrected chi connectivity index (χ2v) is 8.76. The Kier molecular flexibility index (Phi) is 6.02. The number of anilines is 2. The maximum Gasteiger partial charge on any atom is 0.416 e. The number of morpholine rings is 1. The molecule has 4 rings (SSSR count). The van der Waals surface area contributed by atoms with Crippen molar-refractivity contribution in [2.45, 2.75) is 11.1 Å². The Morgan fingerprint density at radius 3 is 2.09 bits per heavy atom. The van der Waals surface area contributed by atoms with Gasteiger partial charge in [0.25, 0.3) is 10.0 Å². The molecule has 3 aromatic rings. The lowest BCUT2D eigenvalue weighted by molar-refractivity contribution is -0.137. The summed E-state index contributed by atoms with van der Waals surface area (Å²) in [5.41, 5.74) is 0.718. The Balaban J connectivity index is 1.45. The number of rotatable bonds is 5. The first-order valence-corrected chi connectivity index (χ1v) is 11.2. The van der Waals surface area contributed by atoms with Gasteiger partial charge >= 0.3 is 6.18 Å². The van der Waals surface area contributed by atoms with Crippen LogP contribution in [0.15, 0.2) is 65.6 Å². The molecule has 1 fully saturated rings. The zero-order valence-corrected chi connectivity index (χ0v) is 17.5. The van der Waals surface area contributed by atoms with E-state index in [1.807, 2.05) is 12.1 Å². The molecule has 0 aliphatic carbocycles. The molecule has 0 spiro atoms. The maximum atomic E-state index is 12.7. The van der Waals surface area contributed by atoms with Gasteiger partial charge in [0, 0.05) is 24.3 Å². The standard InChI is InChI=1S/C21H19F3N4O3S/c22-21(23,24)16-3-7-18(8-4-16)32(29,30)27-17-5-1-15(2-6-17)19-9-10-20(26-25-19)28-11-13-31-14-12-28/h1-10,27H,11-14H2. The van der Waals surface area contributed by atoms with Gasteiger partial charge in [-0.25, -0.2) is 8.42 Å². The first kappa shape index (κ1) is 22.0. The van der Waals surface area contributed by atoms with E-state index in [1.165, 1.54) is 0 Å². The summed E-state index contributed by atoms with van der Waals surface area (Å²) in [5, 5.41) is 8.49. The van der Waals surface area contributed by atoms with E-state index in [9.17, 15) is 21.6 Å². The van der Waals surface area contributed by atoms with Crippen molar-refractivity contribution in [2.24, 2.45) is 0 Å². The fraction of sp³-hybridized carbons (Fsp3) is 0.238. The van der Waals surface area contributed by atoms with E-state index < -0.39 is 21.8 Å². The molecular weight excluding hydrogens is 445 g/mol. The summed E-state index contributed by atoms with van der Waals surface area (Å²) in [6.45, 7) is 2.80. The van der Waals surface area contributed by atoms with Crippen molar-refractivity contribution in [3.8, 4) is 11.3 Å². The number of hydrogen-bond donors (Lipinski definition) is 1. The molecule has 0 amide bonds. The minimum absolute atomic E-state index is 0.265. The highest BCUT2D eigenvalue weighted by Gasteiger charge is 2.30. The van der Waals surface area contributed by atoms with Crippen LogP contribution in [-0.2, 0) is 20.9 Å². The molecule has 0 unspecified atom stereocenters. The van der Waals surface area contributed by atoms with Gasteiger partial charge in [-0.05, 0) is 48.5 Å². The molecule has 1 aliphatic heterocycles. The Bertz CT molecular complexity index is 1160. The summed E-state index contributed by atoms with van der Waals surface area (Å²) in [6.07, 6.45) is -4.53. The Labute approximate surface area is 182 Å². The van der Waals surface area contributed by atoms with Gasteiger partial charge < -0.3 is 9.64 Å². The van der Waals surface area contributed by atoms with Crippen molar-refractivity contribution in [2.75, 3.05) is 35.9 Å². The molecule has 168 valence electrons. The summed E-state index contributed by atoms with van der Waals surface area (Å²) in [5.74, 6) is 0.762. The molecular formula is C21H19F3N4O3S. The zero-order chi connectivity index (χ0) is 22.8. The quantitative estimate of drug-likeness (QED) is 0.619. The summed E-state index contributed by atoms with van der Waals surface area (Å²) < 4.78 is 70.7. The molecule has 1 aliphatic rings. The minimum Gasteiger partial charge on any atom is -0.378 e. The van der Waals surface area contributed by atoms with E-state index in [0.717, 1.165) is 48.7 Å². The van der Waals surface area contributed by atoms with Gasteiger partial charge in [-0.2, -0.15) is 13.2 Å². The normalized spacial score (nSPS) is 14.9. The predicted molar refractivity (Wildman–Crippen MR) is 113 cm³/mol. The van der Waals surface area contributed by atoms with E-state index in [1.54, 1.807) is 24.3 Å². The van der Waals surface area contributed by atoms with Gasteiger partial charge in [0.05, 0.1) is 29.4 Å². The molecule has 7 nitrogen and oxygen atoms in total. The topological polar surface area (TPSA) is 84.4 Å². The van der Waals surface area contributed by atoms with Crippen molar-refractivity contribution in [3.63, 3.8) is 0 Å². The first-order valence-electron chi connectivity index (χ1n) is 9.69. The molecule has 2 aromatic carbocycles. The van der Waals surface area contributed by atoms with Crippen LogP contribution in [0.2, 0.25) is 0 Å². The van der Waals surface area contributed by atoms with Crippen molar-refractivity contribution < 1.29 is 26.3 Å². The van der Waals surface area contributed by atoms with Gasteiger partial charge in [-0.1, -0.05) is 12.1 Å². The average Bonchev–Trinajstić information content (AvgIpc) is 2.80. The molecule has 11 heteroatoms. The smallest absolute Gasteiger partial charge is 0.378 e. The average molecular weight is 464 g/mol. The van der Waals surface area contributed by atoms with Gasteiger partial charge in [0.15, 0.2) is 5.82 Å². The third-order valence-corrected chi connectivity index (χ3v) is 6.31. The van der Waals surface area contributed by atoms with Crippen LogP contribution < -0.4 is 9.62 Å². The molecule has 1 aromatic heterocycles. The lowest BCUT2D eigenvalue weighted by atomic mass is 10.1. The highest BCUT2D eigenvalue weighted by atomic mass is 32.2. The SMILES string of the molecule is O=S(=O)(Nc1ccc(-c2ccc(N3CCOCC3)nn2)cc1)c1ccc(C(F)(F)F)cc1. The Hall–Kier alpha value is -3.18. The molecule has 0 radical (unpaired) electrons. The number of hydrogen-bond acceptors (Lipinski definition) is 6. The van der Waals surface area contributed by atoms with Gasteiger partial charge in [-0.15, -0.1) is 10.2 Å². The molecule has 0 bridgehead atoms. The Morgan fingerprint density at radius 1 is 0.875 bits per heavy atom. The maximum absolute atomic E-state index is 12.7. The third kappa shape index (κ3) is 5.00. The fourth-order valence-electron chi connectivity index (χ4n) is 3.19. The lowest BCUT2D eigenvalue weighted by Gasteiger charge is -2.27. The highest BCUT2D eigenvalue weighted by molar-refractivity contribution is 7.92. The van der Waals surface area contributed by atoms with E-state index in [4.69, 9.17) is 4.74 Å². The lowest BCUT2D eigenvalue weighted by Crippen LogP contribution is -2.36. The molecule has 0 saturated carbocycles. The largest absolute Gasteiger partial charge is 0.416 e. The number of halogens is 3. The fourth-order valence-corrected chi connectivity index (χ4v) is 4.25. The van der Waals surface area contributed by atoms with Crippen LogP contribution in [0.5, 0.6) is 0 Å². The number of nitrogens with one attached hydrogen (secondary N) is 1. The van der Waals surface area contributed by atoms with Crippen LogP contribution in [-0.4, -0.2) is 44.9 Å². The number of nitrogens with zero attached hydrogens (tertiary/aromatic N) is 3. The summed E-state index contributed by atoms with van der Waals surface area (Å²) in [6, 6.07) is 13.5. The van der Waals surface area contributed by atoms with Crippen LogP contribution in [0.25, 0.3) is 11.3 Å². The monoisotopic (exact) mass is 464 g/mol. The molecule has 1 saturated heterocycles. The van der Waals surface area contributed by atoms with Crippen LogP contribution >= 0.6 is 0 Å². The van der Waals surface area contributed by atoms with E-state index >= 15 is 0 Å². The molecule has 1 N–H and O–H groups in total. The van der Waals surface area contributed by atoms with Crippen molar-refractivity contribution in [1.82, 2.24) is 10.2 Å². The second kappa shape index (κ2) is 8.75. The number of aromatic nitrogens is 2. The van der Waals surface area contributed by atoms with E-state index in [0.29, 0.717) is 18.9 Å². The van der Waals surface area contributed by atoms with Gasteiger partial charge in [0.2, 0.25) is 0 Å². The number of alkyl halides is 3. The first-order chi connectivity index (χ1) is 15.2. The summed E-state index contributed by atoms with van der Waals surface area (Å²) in [7, 11) is -4.03. The molecule has 32 heavy (non-hydrogen) atoms. The van der Waals surface area contributed by atoms with E-state index in [2.05, 4.69) is 19.8 Å². The summed E-state index contributed by atoms with van der Waals surface area (Å²) in [4.78, 5) is 1.82. The van der Waals surface area contributed by atoms with Crippen molar-refractivity contribution >= 4 is 21.5 Å². The molecule has 2 heterocycles. The highest BCUT2D eigenvalue weighted by Crippen LogP contribution is 2.30. The van der Waals surface area contributed by atoms with Crippen LogP contribution in [0, 0.1) is 0 Å². The molecule has 0 atom stereocenters. The van der Waals surface area contributed by atoms with Crippen LogP contribution in [0.3, 0.4) is 0 Å².